The van der Waals surface area contributed by atoms with Crippen LogP contribution < -0.4 is 5.32 Å². The molecule has 1 N–H and O–H groups in total. The Labute approximate surface area is 182 Å². The monoisotopic (exact) mass is 499 g/mol. The van der Waals surface area contributed by atoms with Crippen molar-refractivity contribution in [3.63, 3.8) is 0 Å². The Kier molecular flexibility index (Phi) is 8.98. The second-order valence-corrected chi connectivity index (χ2v) is 6.60. The lowest BCUT2D eigenvalue weighted by molar-refractivity contribution is -0.0604. The quantitative estimate of drug-likeness (QED) is 0.281. The van der Waals surface area contributed by atoms with Crippen LogP contribution in [0.3, 0.4) is 0 Å². The second-order valence-electron chi connectivity index (χ2n) is 6.60. The molecule has 1 saturated heterocycles. The Morgan fingerprint density at radius 2 is 2.11 bits per heavy atom. The van der Waals surface area contributed by atoms with Gasteiger partial charge in [-0.1, -0.05) is 18.2 Å². The maximum Gasteiger partial charge on any atom is 0.194 e. The summed E-state index contributed by atoms with van der Waals surface area (Å²) in [6.45, 7) is 8.46. The second kappa shape index (κ2) is 11.2. The summed E-state index contributed by atoms with van der Waals surface area (Å²) in [5.41, 5.74) is 0.964. The summed E-state index contributed by atoms with van der Waals surface area (Å²) in [6.07, 6.45) is 4.13. The first-order valence-corrected chi connectivity index (χ1v) is 9.23. The number of furan rings is 1. The van der Waals surface area contributed by atoms with Crippen molar-refractivity contribution in [2.45, 2.75) is 25.6 Å². The van der Waals surface area contributed by atoms with Gasteiger partial charge >= 0.3 is 0 Å². The van der Waals surface area contributed by atoms with E-state index in [1.54, 1.807) is 18.4 Å². The number of rotatable bonds is 6. The topological polar surface area (TPSA) is 50.0 Å². The summed E-state index contributed by atoms with van der Waals surface area (Å²) < 4.78 is 24.7. The predicted molar refractivity (Wildman–Crippen MR) is 120 cm³/mol. The molecule has 0 bridgehead atoms. The third-order valence-electron chi connectivity index (χ3n) is 4.41. The van der Waals surface area contributed by atoms with Crippen molar-refractivity contribution in [3.8, 4) is 0 Å². The molecule has 0 spiro atoms. The van der Waals surface area contributed by atoms with Gasteiger partial charge in [-0.15, -0.1) is 30.6 Å². The molecular formula is C21H27FIN3O2. The number of nitrogens with zero attached hydrogens (tertiary/aromatic N) is 2. The molecule has 7 heteroatoms. The van der Waals surface area contributed by atoms with Crippen LogP contribution >= 0.6 is 24.0 Å². The highest BCUT2D eigenvalue weighted by Gasteiger charge is 2.28. The molecule has 2 atom stereocenters. The highest BCUT2D eigenvalue weighted by molar-refractivity contribution is 14.0. The molecule has 1 fully saturated rings. The smallest absolute Gasteiger partial charge is 0.194 e. The van der Waals surface area contributed by atoms with E-state index in [0.717, 1.165) is 30.2 Å². The summed E-state index contributed by atoms with van der Waals surface area (Å²) in [5.74, 6) is 1.50. The van der Waals surface area contributed by atoms with Crippen molar-refractivity contribution in [2.24, 2.45) is 4.99 Å². The average molecular weight is 499 g/mol. The number of hydrogen-bond donors (Lipinski definition) is 1. The molecule has 2 aromatic rings. The molecule has 3 rings (SSSR count). The van der Waals surface area contributed by atoms with Crippen molar-refractivity contribution in [1.82, 2.24) is 10.2 Å². The van der Waals surface area contributed by atoms with Crippen LogP contribution in [0, 0.1) is 5.82 Å². The first-order chi connectivity index (χ1) is 13.2. The maximum atomic E-state index is 13.2. The largest absolute Gasteiger partial charge is 0.469 e. The van der Waals surface area contributed by atoms with E-state index in [-0.39, 0.29) is 42.0 Å². The van der Waals surface area contributed by atoms with Gasteiger partial charge in [0.25, 0.3) is 0 Å². The van der Waals surface area contributed by atoms with Crippen LogP contribution in [0.5, 0.6) is 0 Å². The normalized spacial score (nSPS) is 19.8. The van der Waals surface area contributed by atoms with Gasteiger partial charge in [0.2, 0.25) is 0 Å². The van der Waals surface area contributed by atoms with E-state index >= 15 is 0 Å². The van der Waals surface area contributed by atoms with Crippen LogP contribution in [0.4, 0.5) is 4.39 Å². The standard InChI is InChI=1S/C21H26FN3O2.HI/c1-3-11-23-21(24-12-10-19-5-4-13-26-19)25-14-16(2)27-20(15-25)17-6-8-18(22)9-7-17;/h3-9,13,16,20H,1,10-12,14-15H2,2H3,(H,23,24);1H. The third-order valence-corrected chi connectivity index (χ3v) is 4.41. The number of morpholine rings is 1. The van der Waals surface area contributed by atoms with Crippen LogP contribution in [-0.2, 0) is 11.2 Å². The molecule has 2 unspecified atom stereocenters. The van der Waals surface area contributed by atoms with Gasteiger partial charge in [-0.25, -0.2) is 4.39 Å². The Morgan fingerprint density at radius 1 is 1.32 bits per heavy atom. The molecule has 0 amide bonds. The van der Waals surface area contributed by atoms with Gasteiger partial charge in [0, 0.05) is 26.1 Å². The first-order valence-electron chi connectivity index (χ1n) is 9.23. The molecule has 28 heavy (non-hydrogen) atoms. The van der Waals surface area contributed by atoms with Gasteiger partial charge in [0.15, 0.2) is 5.96 Å². The SMILES string of the molecule is C=CCNC(=NCCc1ccco1)N1CC(C)OC(c2ccc(F)cc2)C1.I. The Hall–Kier alpha value is -1.87. The molecular weight excluding hydrogens is 472 g/mol. The molecule has 0 saturated carbocycles. The highest BCUT2D eigenvalue weighted by atomic mass is 127. The van der Waals surface area contributed by atoms with Crippen molar-refractivity contribution < 1.29 is 13.5 Å². The Morgan fingerprint density at radius 3 is 2.79 bits per heavy atom. The Balaban J connectivity index is 0.00000280. The van der Waals surface area contributed by atoms with Gasteiger partial charge in [-0.3, -0.25) is 4.99 Å². The minimum Gasteiger partial charge on any atom is -0.469 e. The number of benzene rings is 1. The molecule has 2 heterocycles. The van der Waals surface area contributed by atoms with Gasteiger partial charge in [0.05, 0.1) is 18.9 Å². The lowest BCUT2D eigenvalue weighted by Gasteiger charge is -2.38. The number of guanidine groups is 1. The predicted octanol–water partition coefficient (Wildman–Crippen LogP) is 4.17. The van der Waals surface area contributed by atoms with E-state index in [1.807, 2.05) is 25.1 Å². The van der Waals surface area contributed by atoms with E-state index in [9.17, 15) is 4.39 Å². The molecule has 0 radical (unpaired) electrons. The van der Waals surface area contributed by atoms with Crippen LogP contribution in [0.2, 0.25) is 0 Å². The number of aliphatic imine (C=N–C) groups is 1. The van der Waals surface area contributed by atoms with E-state index in [2.05, 4.69) is 16.8 Å². The minimum atomic E-state index is -0.243. The van der Waals surface area contributed by atoms with Crippen molar-refractivity contribution in [3.05, 3.63) is 72.5 Å². The maximum absolute atomic E-state index is 13.2. The van der Waals surface area contributed by atoms with Gasteiger partial charge in [-0.05, 0) is 36.8 Å². The van der Waals surface area contributed by atoms with Gasteiger partial charge in [-0.2, -0.15) is 0 Å². The number of ether oxygens (including phenoxy) is 1. The molecule has 5 nitrogen and oxygen atoms in total. The van der Waals surface area contributed by atoms with Crippen LogP contribution in [0.25, 0.3) is 0 Å². The number of halogens is 2. The average Bonchev–Trinajstić information content (AvgIpc) is 3.18. The molecule has 1 aromatic heterocycles. The van der Waals surface area contributed by atoms with Crippen LogP contribution in [0.1, 0.15) is 24.4 Å². The Bertz CT molecular complexity index is 750. The van der Waals surface area contributed by atoms with Crippen LogP contribution in [-0.4, -0.2) is 43.1 Å². The fourth-order valence-corrected chi connectivity index (χ4v) is 3.14. The molecule has 1 aliphatic heterocycles. The number of hydrogen-bond acceptors (Lipinski definition) is 3. The van der Waals surface area contributed by atoms with Gasteiger partial charge in [0.1, 0.15) is 17.7 Å². The zero-order chi connectivity index (χ0) is 19.1. The molecule has 1 aliphatic rings. The van der Waals surface area contributed by atoms with Crippen LogP contribution in [0.15, 0.2) is 64.7 Å². The minimum absolute atomic E-state index is 0. The van der Waals surface area contributed by atoms with E-state index in [1.165, 1.54) is 12.1 Å². The fourth-order valence-electron chi connectivity index (χ4n) is 3.14. The molecule has 0 aliphatic carbocycles. The number of nitrogens with one attached hydrogen (secondary N) is 1. The van der Waals surface area contributed by atoms with Crippen molar-refractivity contribution in [1.29, 1.82) is 0 Å². The zero-order valence-corrected chi connectivity index (χ0v) is 18.3. The van der Waals surface area contributed by atoms with E-state index < -0.39 is 0 Å². The summed E-state index contributed by atoms with van der Waals surface area (Å²) in [5, 5.41) is 3.33. The van der Waals surface area contributed by atoms with E-state index in [4.69, 9.17) is 14.1 Å². The van der Waals surface area contributed by atoms with Crippen molar-refractivity contribution >= 4 is 29.9 Å². The fraction of sp³-hybridized carbons (Fsp3) is 0.381. The lowest BCUT2D eigenvalue weighted by atomic mass is 10.1. The van der Waals surface area contributed by atoms with Crippen molar-refractivity contribution in [2.75, 3.05) is 26.2 Å². The van der Waals surface area contributed by atoms with Gasteiger partial charge < -0.3 is 19.4 Å². The van der Waals surface area contributed by atoms with E-state index in [0.29, 0.717) is 19.6 Å². The molecule has 1 aromatic carbocycles. The lowest BCUT2D eigenvalue weighted by Crippen LogP contribution is -2.50. The highest BCUT2D eigenvalue weighted by Crippen LogP contribution is 2.25. The first kappa shape index (κ1) is 22.4. The molecule has 152 valence electrons. The zero-order valence-electron chi connectivity index (χ0n) is 16.0. The summed E-state index contributed by atoms with van der Waals surface area (Å²) in [7, 11) is 0. The summed E-state index contributed by atoms with van der Waals surface area (Å²) in [6, 6.07) is 10.3. The summed E-state index contributed by atoms with van der Waals surface area (Å²) >= 11 is 0. The summed E-state index contributed by atoms with van der Waals surface area (Å²) in [4.78, 5) is 6.93. The third kappa shape index (κ3) is 6.34.